The van der Waals surface area contributed by atoms with Crippen LogP contribution in [0.25, 0.3) is 0 Å². The molecule has 1 aromatic heterocycles. The summed E-state index contributed by atoms with van der Waals surface area (Å²) in [5.74, 6) is 2.53. The summed E-state index contributed by atoms with van der Waals surface area (Å²) in [5.41, 5.74) is 0.301. The van der Waals surface area contributed by atoms with Crippen LogP contribution in [0.4, 0.5) is 4.79 Å². The molecular formula is C13H17N3O2. The molecule has 0 aliphatic carbocycles. The number of likely N-dealkylation sites (tertiary alicyclic amines) is 1. The van der Waals surface area contributed by atoms with Gasteiger partial charge in [0.1, 0.15) is 5.60 Å². The molecule has 5 heteroatoms. The van der Waals surface area contributed by atoms with E-state index in [-0.39, 0.29) is 12.1 Å². The standard InChI is InChI=1S/C13H17N3O2/c1-5-10-6-14-16(7-10)11-8-15(9-11)12(17)18-13(2,3)4/h1,6-7,11H,8-9H2,2-4H3. The van der Waals surface area contributed by atoms with Crippen molar-refractivity contribution in [2.45, 2.75) is 32.4 Å². The SMILES string of the molecule is C#Cc1cnn(C2CN(C(=O)OC(C)(C)C)C2)c1. The van der Waals surface area contributed by atoms with E-state index in [0.717, 1.165) is 5.56 Å². The van der Waals surface area contributed by atoms with Crippen LogP contribution >= 0.6 is 0 Å². The lowest BCUT2D eigenvalue weighted by molar-refractivity contribution is -0.000387. The van der Waals surface area contributed by atoms with Gasteiger partial charge in [-0.05, 0) is 20.8 Å². The maximum absolute atomic E-state index is 11.7. The van der Waals surface area contributed by atoms with Crippen LogP contribution in [0.3, 0.4) is 0 Å². The Balaban J connectivity index is 1.87. The van der Waals surface area contributed by atoms with E-state index in [1.807, 2.05) is 27.0 Å². The van der Waals surface area contributed by atoms with E-state index in [4.69, 9.17) is 11.2 Å². The molecule has 1 aromatic rings. The molecule has 1 amide bonds. The summed E-state index contributed by atoms with van der Waals surface area (Å²) in [6.07, 6.45) is 8.47. The van der Waals surface area contributed by atoms with Crippen molar-refractivity contribution in [2.75, 3.05) is 13.1 Å². The maximum atomic E-state index is 11.7. The van der Waals surface area contributed by atoms with E-state index in [1.165, 1.54) is 0 Å². The van der Waals surface area contributed by atoms with Crippen LogP contribution in [-0.2, 0) is 4.74 Å². The molecular weight excluding hydrogens is 230 g/mol. The molecule has 1 aliphatic heterocycles. The fraction of sp³-hybridized carbons (Fsp3) is 0.538. The normalized spacial score (nSPS) is 16.0. The highest BCUT2D eigenvalue weighted by Crippen LogP contribution is 2.23. The summed E-state index contributed by atoms with van der Waals surface area (Å²) < 4.78 is 7.08. The van der Waals surface area contributed by atoms with Crippen molar-refractivity contribution < 1.29 is 9.53 Å². The third-order valence-corrected chi connectivity index (χ3v) is 2.66. The molecule has 18 heavy (non-hydrogen) atoms. The molecule has 2 heterocycles. The zero-order valence-corrected chi connectivity index (χ0v) is 10.9. The number of nitrogens with zero attached hydrogens (tertiary/aromatic N) is 3. The Bertz CT molecular complexity index is 487. The number of carbonyl (C=O) groups is 1. The van der Waals surface area contributed by atoms with Gasteiger partial charge in [0.15, 0.2) is 0 Å². The van der Waals surface area contributed by atoms with Crippen LogP contribution in [0.5, 0.6) is 0 Å². The fourth-order valence-corrected chi connectivity index (χ4v) is 1.71. The van der Waals surface area contributed by atoms with Gasteiger partial charge in [-0.25, -0.2) is 4.79 Å². The highest BCUT2D eigenvalue weighted by Gasteiger charge is 2.35. The van der Waals surface area contributed by atoms with E-state index < -0.39 is 5.60 Å². The average molecular weight is 247 g/mol. The average Bonchev–Trinajstić information content (AvgIpc) is 2.60. The lowest BCUT2D eigenvalue weighted by Crippen LogP contribution is -2.52. The molecule has 0 saturated carbocycles. The van der Waals surface area contributed by atoms with Crippen LogP contribution in [0.15, 0.2) is 12.4 Å². The number of hydrogen-bond acceptors (Lipinski definition) is 3. The van der Waals surface area contributed by atoms with Crippen molar-refractivity contribution in [3.63, 3.8) is 0 Å². The molecule has 1 fully saturated rings. The van der Waals surface area contributed by atoms with Gasteiger partial charge >= 0.3 is 6.09 Å². The van der Waals surface area contributed by atoms with E-state index in [1.54, 1.807) is 15.8 Å². The lowest BCUT2D eigenvalue weighted by Gasteiger charge is -2.39. The van der Waals surface area contributed by atoms with Crippen LogP contribution in [0.1, 0.15) is 32.4 Å². The Kier molecular flexibility index (Phi) is 3.04. The molecule has 0 N–H and O–H groups in total. The topological polar surface area (TPSA) is 47.4 Å². The Hall–Kier alpha value is -1.96. The van der Waals surface area contributed by atoms with E-state index in [2.05, 4.69) is 11.0 Å². The molecule has 0 unspecified atom stereocenters. The van der Waals surface area contributed by atoms with Gasteiger partial charge in [-0.1, -0.05) is 5.92 Å². The third kappa shape index (κ3) is 2.65. The van der Waals surface area contributed by atoms with Crippen molar-refractivity contribution in [3.05, 3.63) is 18.0 Å². The van der Waals surface area contributed by atoms with Gasteiger partial charge in [-0.3, -0.25) is 4.68 Å². The van der Waals surface area contributed by atoms with Gasteiger partial charge in [0, 0.05) is 19.3 Å². The van der Waals surface area contributed by atoms with Gasteiger partial charge < -0.3 is 9.64 Å². The molecule has 96 valence electrons. The number of aromatic nitrogens is 2. The van der Waals surface area contributed by atoms with Crippen molar-refractivity contribution >= 4 is 6.09 Å². The second kappa shape index (κ2) is 4.37. The smallest absolute Gasteiger partial charge is 0.410 e. The first kappa shape index (κ1) is 12.5. The number of rotatable bonds is 1. The van der Waals surface area contributed by atoms with Crippen LogP contribution < -0.4 is 0 Å². The summed E-state index contributed by atoms with van der Waals surface area (Å²) in [4.78, 5) is 13.4. The summed E-state index contributed by atoms with van der Waals surface area (Å²) in [7, 11) is 0. The third-order valence-electron chi connectivity index (χ3n) is 2.66. The van der Waals surface area contributed by atoms with Gasteiger partial charge in [-0.15, -0.1) is 6.42 Å². The maximum Gasteiger partial charge on any atom is 0.410 e. The van der Waals surface area contributed by atoms with Crippen molar-refractivity contribution in [2.24, 2.45) is 0 Å². The molecule has 1 saturated heterocycles. The quantitative estimate of drug-likeness (QED) is 0.709. The Morgan fingerprint density at radius 2 is 2.22 bits per heavy atom. The Morgan fingerprint density at radius 1 is 1.56 bits per heavy atom. The minimum atomic E-state index is -0.454. The van der Waals surface area contributed by atoms with Gasteiger partial charge in [-0.2, -0.15) is 5.10 Å². The van der Waals surface area contributed by atoms with Gasteiger partial charge in [0.05, 0.1) is 17.8 Å². The van der Waals surface area contributed by atoms with Gasteiger partial charge in [0.2, 0.25) is 0 Å². The highest BCUT2D eigenvalue weighted by molar-refractivity contribution is 5.69. The number of terminal acetylenes is 1. The molecule has 1 aliphatic rings. The van der Waals surface area contributed by atoms with Crippen molar-refractivity contribution in [1.82, 2.24) is 14.7 Å². The summed E-state index contributed by atoms with van der Waals surface area (Å²) in [6.45, 7) is 6.79. The first-order chi connectivity index (χ1) is 8.39. The largest absolute Gasteiger partial charge is 0.444 e. The van der Waals surface area contributed by atoms with E-state index in [9.17, 15) is 4.79 Å². The molecule has 5 nitrogen and oxygen atoms in total. The zero-order valence-electron chi connectivity index (χ0n) is 10.9. The van der Waals surface area contributed by atoms with Crippen molar-refractivity contribution in [1.29, 1.82) is 0 Å². The predicted molar refractivity (Wildman–Crippen MR) is 67.0 cm³/mol. The van der Waals surface area contributed by atoms with Crippen LogP contribution in [0, 0.1) is 12.3 Å². The predicted octanol–water partition coefficient (Wildman–Crippen LogP) is 1.66. The number of amides is 1. The molecule has 0 atom stereocenters. The molecule has 0 aromatic carbocycles. The van der Waals surface area contributed by atoms with Crippen LogP contribution in [-0.4, -0.2) is 39.5 Å². The molecule has 0 spiro atoms. The minimum absolute atomic E-state index is 0.194. The number of ether oxygens (including phenoxy) is 1. The number of hydrogen-bond donors (Lipinski definition) is 0. The molecule has 0 radical (unpaired) electrons. The zero-order chi connectivity index (χ0) is 13.3. The molecule has 2 rings (SSSR count). The number of carbonyl (C=O) groups excluding carboxylic acids is 1. The van der Waals surface area contributed by atoms with Crippen LogP contribution in [0.2, 0.25) is 0 Å². The first-order valence-corrected chi connectivity index (χ1v) is 5.88. The summed E-state index contributed by atoms with van der Waals surface area (Å²) in [6, 6.07) is 0.194. The first-order valence-electron chi connectivity index (χ1n) is 5.88. The lowest BCUT2D eigenvalue weighted by atomic mass is 10.1. The summed E-state index contributed by atoms with van der Waals surface area (Å²) in [5, 5.41) is 4.17. The molecule has 0 bridgehead atoms. The van der Waals surface area contributed by atoms with E-state index in [0.29, 0.717) is 13.1 Å². The van der Waals surface area contributed by atoms with Gasteiger partial charge in [0.25, 0.3) is 0 Å². The van der Waals surface area contributed by atoms with E-state index >= 15 is 0 Å². The van der Waals surface area contributed by atoms with Crippen molar-refractivity contribution in [3.8, 4) is 12.3 Å². The Labute approximate surface area is 107 Å². The monoisotopic (exact) mass is 247 g/mol. The summed E-state index contributed by atoms with van der Waals surface area (Å²) >= 11 is 0. The second-order valence-corrected chi connectivity index (χ2v) is 5.39. The highest BCUT2D eigenvalue weighted by atomic mass is 16.6. The Morgan fingerprint density at radius 3 is 2.72 bits per heavy atom. The second-order valence-electron chi connectivity index (χ2n) is 5.39. The fourth-order valence-electron chi connectivity index (χ4n) is 1.71. The minimum Gasteiger partial charge on any atom is -0.444 e.